The number of nitriles is 1. The molecule has 0 saturated heterocycles. The first-order valence-corrected chi connectivity index (χ1v) is 5.87. The molecule has 0 saturated carbocycles. The second-order valence-corrected chi connectivity index (χ2v) is 4.64. The van der Waals surface area contributed by atoms with Crippen molar-refractivity contribution in [3.05, 3.63) is 51.0 Å². The molecule has 0 atom stereocenters. The number of pyridine rings is 1. The number of aromatic nitrogens is 1. The third kappa shape index (κ3) is 2.41. The molecule has 0 unspecified atom stereocenters. The molecule has 0 spiro atoms. The summed E-state index contributed by atoms with van der Waals surface area (Å²) in [6, 6.07) is 5.85. The molecule has 1 aromatic heterocycles. The molecule has 90 valence electrons. The van der Waals surface area contributed by atoms with Gasteiger partial charge >= 0.3 is 0 Å². The Morgan fingerprint density at radius 2 is 1.89 bits per heavy atom. The fraction of sp³-hybridized carbons (Fsp3) is 0. The lowest BCUT2D eigenvalue weighted by Crippen LogP contribution is -1.91. The van der Waals surface area contributed by atoms with Gasteiger partial charge < -0.3 is 0 Å². The van der Waals surface area contributed by atoms with Crippen LogP contribution in [0.5, 0.6) is 0 Å². The smallest absolute Gasteiger partial charge is 0.176 e. The average Bonchev–Trinajstić information content (AvgIpc) is 2.33. The Morgan fingerprint density at radius 1 is 1.17 bits per heavy atom. The Bertz CT molecular complexity index is 665. The second kappa shape index (κ2) is 5.11. The van der Waals surface area contributed by atoms with Crippen LogP contribution in [-0.4, -0.2) is 4.98 Å². The van der Waals surface area contributed by atoms with Crippen LogP contribution in [-0.2, 0) is 0 Å². The van der Waals surface area contributed by atoms with Crippen molar-refractivity contribution in [2.24, 2.45) is 0 Å². The summed E-state index contributed by atoms with van der Waals surface area (Å²) in [7, 11) is 0. The van der Waals surface area contributed by atoms with E-state index in [-0.39, 0.29) is 15.7 Å². The van der Waals surface area contributed by atoms with Gasteiger partial charge in [-0.2, -0.15) is 5.26 Å². The number of hydrogen-bond acceptors (Lipinski definition) is 2. The Balaban J connectivity index is 2.63. The van der Waals surface area contributed by atoms with Crippen LogP contribution >= 0.6 is 34.8 Å². The quantitative estimate of drug-likeness (QED) is 0.715. The van der Waals surface area contributed by atoms with Crippen molar-refractivity contribution in [3.63, 3.8) is 0 Å². The van der Waals surface area contributed by atoms with Gasteiger partial charge in [0.1, 0.15) is 6.07 Å². The Morgan fingerprint density at radius 3 is 2.50 bits per heavy atom. The molecule has 2 nitrogen and oxygen atoms in total. The molecule has 0 radical (unpaired) electrons. The van der Waals surface area contributed by atoms with E-state index in [1.165, 1.54) is 18.3 Å². The zero-order chi connectivity index (χ0) is 13.3. The van der Waals surface area contributed by atoms with Crippen LogP contribution in [0.4, 0.5) is 4.39 Å². The van der Waals surface area contributed by atoms with Gasteiger partial charge in [0, 0.05) is 22.3 Å². The molecule has 0 fully saturated rings. The lowest BCUT2D eigenvalue weighted by Gasteiger charge is -2.07. The minimum atomic E-state index is -0.720. The van der Waals surface area contributed by atoms with Gasteiger partial charge in [-0.15, -0.1) is 0 Å². The van der Waals surface area contributed by atoms with Crippen LogP contribution in [0.25, 0.3) is 11.1 Å². The number of halogens is 4. The fourth-order valence-corrected chi connectivity index (χ4v) is 2.15. The number of hydrogen-bond donors (Lipinski definition) is 0. The summed E-state index contributed by atoms with van der Waals surface area (Å²) in [6.07, 6.45) is 1.34. The highest BCUT2D eigenvalue weighted by Crippen LogP contribution is 2.36. The summed E-state index contributed by atoms with van der Waals surface area (Å²) in [5, 5.41) is 9.50. The third-order valence-corrected chi connectivity index (χ3v) is 3.27. The summed E-state index contributed by atoms with van der Waals surface area (Å²) in [5.41, 5.74) is 0.592. The van der Waals surface area contributed by atoms with Crippen LogP contribution in [0.3, 0.4) is 0 Å². The molecule has 2 aromatic rings. The third-order valence-electron chi connectivity index (χ3n) is 2.25. The van der Waals surface area contributed by atoms with E-state index in [2.05, 4.69) is 4.98 Å². The predicted molar refractivity (Wildman–Crippen MR) is 69.4 cm³/mol. The first kappa shape index (κ1) is 13.1. The molecule has 0 N–H and O–H groups in total. The Kier molecular flexibility index (Phi) is 3.72. The number of nitrogens with zero attached hydrogens (tertiary/aromatic N) is 2. The monoisotopic (exact) mass is 300 g/mol. The van der Waals surface area contributed by atoms with Gasteiger partial charge in [0.2, 0.25) is 0 Å². The van der Waals surface area contributed by atoms with Gasteiger partial charge in [0.15, 0.2) is 11.5 Å². The zero-order valence-corrected chi connectivity index (χ0v) is 11.0. The van der Waals surface area contributed by atoms with Crippen molar-refractivity contribution in [2.45, 2.75) is 0 Å². The summed E-state index contributed by atoms with van der Waals surface area (Å²) in [4.78, 5) is 3.69. The van der Waals surface area contributed by atoms with E-state index in [4.69, 9.17) is 40.1 Å². The largest absolute Gasteiger partial charge is 0.242 e. The van der Waals surface area contributed by atoms with Crippen molar-refractivity contribution < 1.29 is 4.39 Å². The van der Waals surface area contributed by atoms with Crippen molar-refractivity contribution in [1.29, 1.82) is 5.26 Å². The van der Waals surface area contributed by atoms with Crippen LogP contribution in [0, 0.1) is 17.1 Å². The minimum absolute atomic E-state index is 0.256. The van der Waals surface area contributed by atoms with E-state index >= 15 is 0 Å². The van der Waals surface area contributed by atoms with E-state index in [0.29, 0.717) is 16.1 Å². The molecule has 0 aliphatic carbocycles. The highest BCUT2D eigenvalue weighted by molar-refractivity contribution is 6.45. The van der Waals surface area contributed by atoms with Crippen molar-refractivity contribution in [1.82, 2.24) is 4.98 Å². The maximum Gasteiger partial charge on any atom is 0.176 e. The topological polar surface area (TPSA) is 36.7 Å². The van der Waals surface area contributed by atoms with E-state index in [9.17, 15) is 4.39 Å². The van der Waals surface area contributed by atoms with E-state index in [1.807, 2.05) is 0 Å². The molecule has 2 rings (SSSR count). The van der Waals surface area contributed by atoms with Crippen molar-refractivity contribution >= 4 is 34.8 Å². The van der Waals surface area contributed by atoms with Crippen LogP contribution < -0.4 is 0 Å². The molecule has 0 amide bonds. The molecule has 0 aliphatic rings. The molecular weight excluding hydrogens is 298 g/mol. The molecular formula is C12H4Cl3FN2. The molecule has 1 aromatic carbocycles. The van der Waals surface area contributed by atoms with Gasteiger partial charge in [-0.25, -0.2) is 9.37 Å². The standard InChI is InChI=1S/C12H4Cl3FN2/c13-7-2-8(12(15)9(14)3-7)6-1-10(16)11(4-17)18-5-6/h1-3,5H. The number of rotatable bonds is 1. The fourth-order valence-electron chi connectivity index (χ4n) is 1.43. The highest BCUT2D eigenvalue weighted by Gasteiger charge is 2.12. The maximum atomic E-state index is 13.5. The molecule has 0 bridgehead atoms. The lowest BCUT2D eigenvalue weighted by atomic mass is 10.1. The summed E-state index contributed by atoms with van der Waals surface area (Å²) in [5.74, 6) is -0.720. The van der Waals surface area contributed by atoms with Crippen molar-refractivity contribution in [3.8, 4) is 17.2 Å². The summed E-state index contributed by atoms with van der Waals surface area (Å²) < 4.78 is 13.5. The van der Waals surface area contributed by atoms with E-state index in [1.54, 1.807) is 12.1 Å². The van der Waals surface area contributed by atoms with Gasteiger partial charge in [0.25, 0.3) is 0 Å². The van der Waals surface area contributed by atoms with Gasteiger partial charge in [-0.3, -0.25) is 0 Å². The highest BCUT2D eigenvalue weighted by atomic mass is 35.5. The first-order valence-electron chi connectivity index (χ1n) is 4.73. The minimum Gasteiger partial charge on any atom is -0.242 e. The van der Waals surface area contributed by atoms with E-state index in [0.717, 1.165) is 0 Å². The van der Waals surface area contributed by atoms with Gasteiger partial charge in [-0.1, -0.05) is 34.8 Å². The SMILES string of the molecule is N#Cc1ncc(-c2cc(Cl)cc(Cl)c2Cl)cc1F. The van der Waals surface area contributed by atoms with Crippen LogP contribution in [0.1, 0.15) is 5.69 Å². The predicted octanol–water partition coefficient (Wildman–Crippen LogP) is 4.72. The van der Waals surface area contributed by atoms with Gasteiger partial charge in [-0.05, 0) is 18.2 Å². The van der Waals surface area contributed by atoms with Crippen LogP contribution in [0.15, 0.2) is 24.4 Å². The number of benzene rings is 1. The Hall–Kier alpha value is -1.34. The first-order chi connectivity index (χ1) is 8.52. The molecule has 18 heavy (non-hydrogen) atoms. The van der Waals surface area contributed by atoms with E-state index < -0.39 is 5.82 Å². The lowest BCUT2D eigenvalue weighted by molar-refractivity contribution is 0.617. The van der Waals surface area contributed by atoms with Gasteiger partial charge in [0.05, 0.1) is 10.0 Å². The Labute approximate surface area is 118 Å². The summed E-state index contributed by atoms with van der Waals surface area (Å²) in [6.45, 7) is 0. The average molecular weight is 302 g/mol. The molecule has 1 heterocycles. The molecule has 0 aliphatic heterocycles. The molecule has 6 heteroatoms. The summed E-state index contributed by atoms with van der Waals surface area (Å²) >= 11 is 17.8. The van der Waals surface area contributed by atoms with Crippen molar-refractivity contribution in [2.75, 3.05) is 0 Å². The zero-order valence-electron chi connectivity index (χ0n) is 8.72. The van der Waals surface area contributed by atoms with Crippen LogP contribution in [0.2, 0.25) is 15.1 Å². The second-order valence-electron chi connectivity index (χ2n) is 3.42. The maximum absolute atomic E-state index is 13.5. The normalized spacial score (nSPS) is 10.2.